The third-order valence-corrected chi connectivity index (χ3v) is 4.12. The Kier molecular flexibility index (Phi) is 5.51. The first kappa shape index (κ1) is 18.2. The van der Waals surface area contributed by atoms with Crippen molar-refractivity contribution in [3.8, 4) is 0 Å². The maximum atomic E-state index is 11.9. The number of para-hydroxylation sites is 1. The van der Waals surface area contributed by atoms with Crippen molar-refractivity contribution in [2.24, 2.45) is 0 Å². The summed E-state index contributed by atoms with van der Waals surface area (Å²) in [5, 5.41) is 6.39. The third-order valence-electron chi connectivity index (χ3n) is 4.12. The van der Waals surface area contributed by atoms with Gasteiger partial charge in [0, 0.05) is 0 Å². The van der Waals surface area contributed by atoms with Crippen molar-refractivity contribution in [2.45, 2.75) is 13.0 Å². The molecule has 0 fully saturated rings. The molecule has 7 heteroatoms. The fraction of sp³-hybridized carbons (Fsp3) is 0.150. The number of nitrogens with zero attached hydrogens (tertiary/aromatic N) is 2. The Labute approximate surface area is 157 Å². The molecule has 0 saturated heterocycles. The molecule has 7 nitrogen and oxygen atoms in total. The molecule has 0 bridgehead atoms. The molecular weight excluding hydrogens is 342 g/mol. The number of ether oxygens (including phenoxy) is 1. The number of anilines is 4. The van der Waals surface area contributed by atoms with Gasteiger partial charge in [0.15, 0.2) is 11.6 Å². The molecule has 0 radical (unpaired) electrons. The van der Waals surface area contributed by atoms with Gasteiger partial charge >= 0.3 is 5.97 Å². The molecule has 0 aliphatic heterocycles. The monoisotopic (exact) mass is 363 g/mol. The average Bonchev–Trinajstić information content (AvgIpc) is 2.71. The van der Waals surface area contributed by atoms with Crippen LogP contribution in [0, 0.1) is 0 Å². The van der Waals surface area contributed by atoms with Gasteiger partial charge in [-0.05, 0) is 24.6 Å². The van der Waals surface area contributed by atoms with Gasteiger partial charge in [0.2, 0.25) is 0 Å². The first-order chi connectivity index (χ1) is 13.1. The minimum atomic E-state index is -0.443. The topological polar surface area (TPSA) is 102 Å². The minimum Gasteiger partial charge on any atom is -0.465 e. The zero-order valence-electron chi connectivity index (χ0n) is 15.1. The normalized spacial score (nSPS) is 11.5. The molecule has 1 aromatic heterocycles. The molecule has 3 rings (SSSR count). The van der Waals surface area contributed by atoms with Crippen molar-refractivity contribution >= 4 is 29.0 Å². The number of esters is 1. The molecule has 1 heterocycles. The summed E-state index contributed by atoms with van der Waals surface area (Å²) in [7, 11) is 1.34. The molecule has 2 aromatic carbocycles. The minimum absolute atomic E-state index is 0.0126. The van der Waals surface area contributed by atoms with Crippen LogP contribution in [0.15, 0.2) is 60.9 Å². The number of carbonyl (C=O) groups excluding carboxylic acids is 1. The molecule has 0 saturated carbocycles. The van der Waals surface area contributed by atoms with E-state index in [9.17, 15) is 4.79 Å². The predicted octanol–water partition coefficient (Wildman–Crippen LogP) is 3.76. The van der Waals surface area contributed by atoms with Crippen molar-refractivity contribution in [2.75, 3.05) is 23.5 Å². The molecule has 138 valence electrons. The van der Waals surface area contributed by atoms with Crippen molar-refractivity contribution < 1.29 is 9.53 Å². The van der Waals surface area contributed by atoms with E-state index in [1.54, 1.807) is 18.2 Å². The van der Waals surface area contributed by atoms with Crippen LogP contribution in [0.2, 0.25) is 0 Å². The molecule has 27 heavy (non-hydrogen) atoms. The number of methoxy groups -OCH3 is 1. The Morgan fingerprint density at radius 3 is 2.44 bits per heavy atom. The Morgan fingerprint density at radius 1 is 1.04 bits per heavy atom. The quantitative estimate of drug-likeness (QED) is 0.573. The first-order valence-electron chi connectivity index (χ1n) is 8.46. The second-order valence-electron chi connectivity index (χ2n) is 5.92. The number of benzene rings is 2. The molecule has 1 unspecified atom stereocenters. The van der Waals surface area contributed by atoms with Crippen molar-refractivity contribution in [3.63, 3.8) is 0 Å². The maximum absolute atomic E-state index is 11.9. The highest BCUT2D eigenvalue weighted by atomic mass is 16.5. The summed E-state index contributed by atoms with van der Waals surface area (Å²) < 4.78 is 4.81. The smallest absolute Gasteiger partial charge is 0.339 e. The lowest BCUT2D eigenvalue weighted by atomic mass is 10.1. The van der Waals surface area contributed by atoms with E-state index in [0.29, 0.717) is 28.6 Å². The standard InChI is InChI=1S/C20H21N5O2/c1-13(14-8-4-3-5-9-14)24-18-17(21)19(23-12-22-18)25-16-11-7-6-10-15(16)20(26)27-2/h3-13H,21H2,1-2H3,(H2,22,23,24,25). The summed E-state index contributed by atoms with van der Waals surface area (Å²) in [4.78, 5) is 20.4. The van der Waals surface area contributed by atoms with Crippen LogP contribution in [0.5, 0.6) is 0 Å². The molecule has 0 amide bonds. The maximum Gasteiger partial charge on any atom is 0.339 e. The lowest BCUT2D eigenvalue weighted by molar-refractivity contribution is 0.0602. The van der Waals surface area contributed by atoms with E-state index < -0.39 is 5.97 Å². The highest BCUT2D eigenvalue weighted by Crippen LogP contribution is 2.29. The second-order valence-corrected chi connectivity index (χ2v) is 5.92. The number of aromatic nitrogens is 2. The Morgan fingerprint density at radius 2 is 1.70 bits per heavy atom. The molecule has 0 spiro atoms. The van der Waals surface area contributed by atoms with Crippen LogP contribution < -0.4 is 16.4 Å². The van der Waals surface area contributed by atoms with Crippen LogP contribution in [0.4, 0.5) is 23.0 Å². The molecule has 4 N–H and O–H groups in total. The first-order valence-corrected chi connectivity index (χ1v) is 8.46. The van der Waals surface area contributed by atoms with Gasteiger partial charge in [-0.1, -0.05) is 42.5 Å². The van der Waals surface area contributed by atoms with Crippen LogP contribution in [0.25, 0.3) is 0 Å². The third kappa shape index (κ3) is 4.14. The van der Waals surface area contributed by atoms with Gasteiger partial charge in [-0.25, -0.2) is 14.8 Å². The van der Waals surface area contributed by atoms with E-state index in [-0.39, 0.29) is 6.04 Å². The lowest BCUT2D eigenvalue weighted by Crippen LogP contribution is -2.12. The van der Waals surface area contributed by atoms with Gasteiger partial charge in [-0.15, -0.1) is 0 Å². The van der Waals surface area contributed by atoms with Crippen molar-refractivity contribution in [1.82, 2.24) is 9.97 Å². The average molecular weight is 363 g/mol. The number of nitrogen functional groups attached to an aromatic ring is 1. The summed E-state index contributed by atoms with van der Waals surface area (Å²) in [6.45, 7) is 2.02. The summed E-state index contributed by atoms with van der Waals surface area (Å²) in [5.74, 6) is 0.477. The van der Waals surface area contributed by atoms with Crippen LogP contribution in [-0.2, 0) is 4.74 Å². The van der Waals surface area contributed by atoms with Gasteiger partial charge < -0.3 is 21.1 Å². The number of nitrogens with two attached hydrogens (primary N) is 1. The number of nitrogens with one attached hydrogen (secondary N) is 2. The number of hydrogen-bond acceptors (Lipinski definition) is 7. The van der Waals surface area contributed by atoms with Crippen LogP contribution in [0.3, 0.4) is 0 Å². The van der Waals surface area contributed by atoms with E-state index in [1.165, 1.54) is 13.4 Å². The number of carbonyl (C=O) groups is 1. The highest BCUT2D eigenvalue weighted by Gasteiger charge is 2.15. The second kappa shape index (κ2) is 8.18. The SMILES string of the molecule is COC(=O)c1ccccc1Nc1ncnc(NC(C)c2ccccc2)c1N. The Hall–Kier alpha value is -3.61. The zero-order chi connectivity index (χ0) is 19.2. The van der Waals surface area contributed by atoms with E-state index in [2.05, 4.69) is 20.6 Å². The predicted molar refractivity (Wildman–Crippen MR) is 106 cm³/mol. The van der Waals surface area contributed by atoms with Gasteiger partial charge in [-0.3, -0.25) is 0 Å². The molecule has 0 aliphatic rings. The van der Waals surface area contributed by atoms with Crippen LogP contribution in [0.1, 0.15) is 28.9 Å². The molecule has 1 atom stereocenters. The van der Waals surface area contributed by atoms with Crippen LogP contribution >= 0.6 is 0 Å². The van der Waals surface area contributed by atoms with E-state index >= 15 is 0 Å². The molecule has 3 aromatic rings. The van der Waals surface area contributed by atoms with E-state index in [4.69, 9.17) is 10.5 Å². The van der Waals surface area contributed by atoms with Gasteiger partial charge in [0.05, 0.1) is 24.4 Å². The fourth-order valence-corrected chi connectivity index (χ4v) is 2.65. The highest BCUT2D eigenvalue weighted by molar-refractivity contribution is 5.97. The Balaban J connectivity index is 1.85. The van der Waals surface area contributed by atoms with Crippen molar-refractivity contribution in [3.05, 3.63) is 72.1 Å². The van der Waals surface area contributed by atoms with Crippen molar-refractivity contribution in [1.29, 1.82) is 0 Å². The number of hydrogen-bond donors (Lipinski definition) is 3. The van der Waals surface area contributed by atoms with E-state index in [1.807, 2.05) is 43.3 Å². The fourth-order valence-electron chi connectivity index (χ4n) is 2.65. The zero-order valence-corrected chi connectivity index (χ0v) is 15.1. The lowest BCUT2D eigenvalue weighted by Gasteiger charge is -2.18. The van der Waals surface area contributed by atoms with Gasteiger partial charge in [-0.2, -0.15) is 0 Å². The van der Waals surface area contributed by atoms with Crippen LogP contribution in [-0.4, -0.2) is 23.0 Å². The molecular formula is C20H21N5O2. The summed E-state index contributed by atoms with van der Waals surface area (Å²) in [5.41, 5.74) is 8.67. The summed E-state index contributed by atoms with van der Waals surface area (Å²) in [6.07, 6.45) is 1.42. The van der Waals surface area contributed by atoms with Gasteiger partial charge in [0.1, 0.15) is 12.0 Å². The molecule has 0 aliphatic carbocycles. The number of rotatable bonds is 6. The largest absolute Gasteiger partial charge is 0.465 e. The summed E-state index contributed by atoms with van der Waals surface area (Å²) >= 11 is 0. The Bertz CT molecular complexity index is 931. The van der Waals surface area contributed by atoms with E-state index in [0.717, 1.165) is 5.56 Å². The summed E-state index contributed by atoms with van der Waals surface area (Å²) in [6, 6.07) is 17.0. The van der Waals surface area contributed by atoms with Gasteiger partial charge in [0.25, 0.3) is 0 Å².